The Kier molecular flexibility index (Phi) is 5.51. The lowest BCUT2D eigenvalue weighted by molar-refractivity contribution is -0.123. The topological polar surface area (TPSA) is 47.8 Å². The van der Waals surface area contributed by atoms with E-state index in [4.69, 9.17) is 0 Å². The van der Waals surface area contributed by atoms with E-state index >= 15 is 0 Å². The summed E-state index contributed by atoms with van der Waals surface area (Å²) in [5.74, 6) is 1.36. The number of ketones is 1. The number of carbonyl (C=O) groups is 1. The van der Waals surface area contributed by atoms with Gasteiger partial charge in [0.1, 0.15) is 5.78 Å². The molecule has 0 amide bonds. The molecule has 1 heterocycles. The van der Waals surface area contributed by atoms with Gasteiger partial charge in [0.25, 0.3) is 0 Å². The van der Waals surface area contributed by atoms with E-state index in [1.807, 2.05) is 25.3 Å². The minimum Gasteiger partial charge on any atom is -0.298 e. The first-order valence-electron chi connectivity index (χ1n) is 9.01. The fourth-order valence-corrected chi connectivity index (χ4v) is 3.64. The van der Waals surface area contributed by atoms with Gasteiger partial charge in [-0.2, -0.15) is 0 Å². The Balaban J connectivity index is 2.02. The summed E-state index contributed by atoms with van der Waals surface area (Å²) in [5, 5.41) is 9.56. The number of hydrogen-bond donors (Lipinski definition) is 0. The van der Waals surface area contributed by atoms with Gasteiger partial charge < -0.3 is 0 Å². The van der Waals surface area contributed by atoms with Gasteiger partial charge >= 0.3 is 0 Å². The fourth-order valence-electron chi connectivity index (χ4n) is 2.53. The van der Waals surface area contributed by atoms with Gasteiger partial charge in [-0.25, -0.2) is 0 Å². The van der Waals surface area contributed by atoms with Crippen molar-refractivity contribution in [2.75, 3.05) is 5.75 Å². The average Bonchev–Trinajstić information content (AvgIpc) is 3.04. The van der Waals surface area contributed by atoms with Crippen LogP contribution in [0.4, 0.5) is 0 Å². The lowest BCUT2D eigenvalue weighted by Crippen LogP contribution is -2.22. The maximum atomic E-state index is 12.4. The number of carbonyl (C=O) groups excluding carboxylic acids is 1. The molecule has 0 spiro atoms. The van der Waals surface area contributed by atoms with E-state index in [-0.39, 0.29) is 11.2 Å². The molecule has 5 heteroatoms. The zero-order valence-electron chi connectivity index (χ0n) is 16.5. The predicted octanol–water partition coefficient (Wildman–Crippen LogP) is 5.26. The zero-order chi connectivity index (χ0) is 19.6. The van der Waals surface area contributed by atoms with Crippen LogP contribution in [0.1, 0.15) is 31.9 Å². The van der Waals surface area contributed by atoms with Crippen molar-refractivity contribution in [3.63, 3.8) is 0 Å². The standard InChI is InChI=1S/C22H25N3OS/c1-15-6-10-17(11-7-15)20-23-24-21(27-14-19(26)22(3,4)5)25(20)18-12-8-16(2)9-13-18/h6-13H,14H2,1-5H3. The van der Waals surface area contributed by atoms with E-state index in [0.717, 1.165) is 22.2 Å². The molecular weight excluding hydrogens is 354 g/mol. The second-order valence-corrected chi connectivity index (χ2v) is 8.75. The molecule has 0 saturated carbocycles. The van der Waals surface area contributed by atoms with Crippen molar-refractivity contribution in [1.82, 2.24) is 14.8 Å². The summed E-state index contributed by atoms with van der Waals surface area (Å²) in [6, 6.07) is 16.5. The van der Waals surface area contributed by atoms with Gasteiger partial charge in [0.05, 0.1) is 5.75 Å². The Bertz CT molecular complexity index is 935. The first-order valence-corrected chi connectivity index (χ1v) is 10.00. The van der Waals surface area contributed by atoms with Crippen LogP contribution >= 0.6 is 11.8 Å². The van der Waals surface area contributed by atoms with Crippen LogP contribution in [0.25, 0.3) is 17.1 Å². The predicted molar refractivity (Wildman–Crippen MR) is 111 cm³/mol. The largest absolute Gasteiger partial charge is 0.298 e. The van der Waals surface area contributed by atoms with Crippen LogP contribution < -0.4 is 0 Å². The molecule has 0 saturated heterocycles. The van der Waals surface area contributed by atoms with Crippen molar-refractivity contribution >= 4 is 17.5 Å². The van der Waals surface area contributed by atoms with Gasteiger partial charge in [-0.05, 0) is 26.0 Å². The molecule has 0 aliphatic rings. The number of aromatic nitrogens is 3. The number of Topliss-reactive ketones (excluding diaryl/α,β-unsaturated/α-hetero) is 1. The molecule has 0 atom stereocenters. The van der Waals surface area contributed by atoms with Crippen LogP contribution in [0.15, 0.2) is 53.7 Å². The van der Waals surface area contributed by atoms with Crippen LogP contribution in [0.3, 0.4) is 0 Å². The Morgan fingerprint density at radius 2 is 1.48 bits per heavy atom. The van der Waals surface area contributed by atoms with Gasteiger partial charge in [-0.1, -0.05) is 80.1 Å². The quantitative estimate of drug-likeness (QED) is 0.568. The second kappa shape index (κ2) is 7.69. The third kappa shape index (κ3) is 4.48. The number of nitrogens with zero attached hydrogens (tertiary/aromatic N) is 3. The molecule has 0 aliphatic heterocycles. The summed E-state index contributed by atoms with van der Waals surface area (Å²) in [5.41, 5.74) is 4.03. The van der Waals surface area contributed by atoms with Gasteiger partial charge in [0.2, 0.25) is 0 Å². The van der Waals surface area contributed by atoms with Crippen molar-refractivity contribution in [3.8, 4) is 17.1 Å². The Morgan fingerprint density at radius 3 is 2.04 bits per heavy atom. The van der Waals surface area contributed by atoms with Crippen LogP contribution in [-0.4, -0.2) is 26.3 Å². The number of hydrogen-bond acceptors (Lipinski definition) is 4. The van der Waals surface area contributed by atoms with Gasteiger partial charge in [-0.15, -0.1) is 10.2 Å². The van der Waals surface area contributed by atoms with Gasteiger partial charge in [0.15, 0.2) is 11.0 Å². The van der Waals surface area contributed by atoms with E-state index in [2.05, 4.69) is 72.6 Å². The monoisotopic (exact) mass is 379 g/mol. The maximum Gasteiger partial charge on any atom is 0.196 e. The molecule has 140 valence electrons. The molecule has 1 aromatic heterocycles. The van der Waals surface area contributed by atoms with Gasteiger partial charge in [0, 0.05) is 16.7 Å². The average molecular weight is 380 g/mol. The van der Waals surface area contributed by atoms with Crippen LogP contribution in [0, 0.1) is 19.3 Å². The van der Waals surface area contributed by atoms with E-state index in [9.17, 15) is 4.79 Å². The van der Waals surface area contributed by atoms with Crippen molar-refractivity contribution in [3.05, 3.63) is 59.7 Å². The van der Waals surface area contributed by atoms with Crippen molar-refractivity contribution in [2.45, 2.75) is 39.8 Å². The van der Waals surface area contributed by atoms with E-state index in [0.29, 0.717) is 5.75 Å². The number of rotatable bonds is 5. The molecule has 3 aromatic rings. The number of aryl methyl sites for hydroxylation is 2. The highest BCUT2D eigenvalue weighted by atomic mass is 32.2. The van der Waals surface area contributed by atoms with Gasteiger partial charge in [-0.3, -0.25) is 9.36 Å². The molecule has 2 aromatic carbocycles. The molecular formula is C22H25N3OS. The van der Waals surface area contributed by atoms with Crippen molar-refractivity contribution in [1.29, 1.82) is 0 Å². The molecule has 0 fully saturated rings. The van der Waals surface area contributed by atoms with Crippen LogP contribution in [0.5, 0.6) is 0 Å². The number of thioether (sulfide) groups is 1. The third-order valence-corrected chi connectivity index (χ3v) is 5.33. The SMILES string of the molecule is Cc1ccc(-c2nnc(SCC(=O)C(C)(C)C)n2-c2ccc(C)cc2)cc1. The fraction of sp³-hybridized carbons (Fsp3) is 0.318. The molecule has 0 radical (unpaired) electrons. The summed E-state index contributed by atoms with van der Waals surface area (Å²) in [6.07, 6.45) is 0. The summed E-state index contributed by atoms with van der Waals surface area (Å²) >= 11 is 1.44. The summed E-state index contributed by atoms with van der Waals surface area (Å²) in [4.78, 5) is 12.4. The first-order chi connectivity index (χ1) is 12.8. The molecule has 0 aliphatic carbocycles. The minimum atomic E-state index is -0.360. The Labute approximate surface area is 165 Å². The van der Waals surface area contributed by atoms with Crippen molar-refractivity contribution < 1.29 is 4.79 Å². The second-order valence-electron chi connectivity index (χ2n) is 7.81. The molecule has 4 nitrogen and oxygen atoms in total. The Morgan fingerprint density at radius 1 is 0.926 bits per heavy atom. The molecule has 0 N–H and O–H groups in total. The van der Waals surface area contributed by atoms with Crippen molar-refractivity contribution in [2.24, 2.45) is 5.41 Å². The third-order valence-electron chi connectivity index (χ3n) is 4.40. The van der Waals surface area contributed by atoms with E-state index < -0.39 is 0 Å². The summed E-state index contributed by atoms with van der Waals surface area (Å²) in [7, 11) is 0. The van der Waals surface area contributed by atoms with Crippen LogP contribution in [0.2, 0.25) is 0 Å². The van der Waals surface area contributed by atoms with Crippen LogP contribution in [-0.2, 0) is 4.79 Å². The lowest BCUT2D eigenvalue weighted by atomic mass is 9.92. The minimum absolute atomic E-state index is 0.197. The summed E-state index contributed by atoms with van der Waals surface area (Å²) in [6.45, 7) is 9.96. The lowest BCUT2D eigenvalue weighted by Gasteiger charge is -2.16. The molecule has 27 heavy (non-hydrogen) atoms. The normalized spacial score (nSPS) is 11.6. The van der Waals surface area contributed by atoms with E-state index in [1.54, 1.807) is 0 Å². The number of benzene rings is 2. The maximum absolute atomic E-state index is 12.4. The molecule has 0 bridgehead atoms. The van der Waals surface area contributed by atoms with E-state index in [1.165, 1.54) is 22.9 Å². The highest BCUT2D eigenvalue weighted by molar-refractivity contribution is 7.99. The molecule has 0 unspecified atom stereocenters. The highest BCUT2D eigenvalue weighted by Gasteiger charge is 2.23. The zero-order valence-corrected chi connectivity index (χ0v) is 17.3. The summed E-state index contributed by atoms with van der Waals surface area (Å²) < 4.78 is 2.03. The highest BCUT2D eigenvalue weighted by Crippen LogP contribution is 2.29. The Hall–Kier alpha value is -2.40. The smallest absolute Gasteiger partial charge is 0.196 e. The molecule has 3 rings (SSSR count). The first kappa shape index (κ1) is 19.4.